The summed E-state index contributed by atoms with van der Waals surface area (Å²) in [7, 11) is 0. The van der Waals surface area contributed by atoms with Crippen molar-refractivity contribution in [2.75, 3.05) is 0 Å². The first-order valence-electron chi connectivity index (χ1n) is 8.99. The maximum Gasteiger partial charge on any atom is 0.262 e. The Labute approximate surface area is 173 Å². The van der Waals surface area contributed by atoms with Crippen molar-refractivity contribution in [3.05, 3.63) is 68.8 Å². The number of furan rings is 1. The molecule has 0 aliphatic carbocycles. The van der Waals surface area contributed by atoms with Crippen LogP contribution in [0.5, 0.6) is 0 Å². The third kappa shape index (κ3) is 3.87. The SMILES string of the molecule is Cc1sc(-n2c(C)cc(C=C(C#N)C(=O)NCc3ccco3)c2C)c(C#N)c1C. The van der Waals surface area contributed by atoms with Gasteiger partial charge in [0, 0.05) is 16.3 Å². The van der Waals surface area contributed by atoms with Gasteiger partial charge in [-0.25, -0.2) is 0 Å². The maximum absolute atomic E-state index is 12.4. The molecule has 0 aromatic carbocycles. The number of carbonyl (C=O) groups excluding carboxylic acids is 1. The lowest BCUT2D eigenvalue weighted by Crippen LogP contribution is -2.23. The van der Waals surface area contributed by atoms with Crippen molar-refractivity contribution in [2.45, 2.75) is 34.2 Å². The Hall–Kier alpha value is -3.55. The van der Waals surface area contributed by atoms with Gasteiger partial charge in [-0.2, -0.15) is 10.5 Å². The summed E-state index contributed by atoms with van der Waals surface area (Å²) in [6.07, 6.45) is 3.11. The van der Waals surface area contributed by atoms with Crippen molar-refractivity contribution in [1.82, 2.24) is 9.88 Å². The van der Waals surface area contributed by atoms with Gasteiger partial charge in [-0.15, -0.1) is 11.3 Å². The van der Waals surface area contributed by atoms with Gasteiger partial charge in [0.05, 0.1) is 18.4 Å². The molecule has 0 saturated carbocycles. The van der Waals surface area contributed by atoms with E-state index in [0.717, 1.165) is 32.4 Å². The summed E-state index contributed by atoms with van der Waals surface area (Å²) >= 11 is 1.56. The fourth-order valence-corrected chi connectivity index (χ4v) is 4.34. The molecule has 7 heteroatoms. The number of aromatic nitrogens is 1. The van der Waals surface area contributed by atoms with Crippen LogP contribution in [0, 0.1) is 50.4 Å². The van der Waals surface area contributed by atoms with E-state index in [2.05, 4.69) is 11.4 Å². The number of hydrogen-bond donors (Lipinski definition) is 1. The van der Waals surface area contributed by atoms with Gasteiger partial charge in [0.25, 0.3) is 5.91 Å². The van der Waals surface area contributed by atoms with Gasteiger partial charge in [-0.1, -0.05) is 0 Å². The van der Waals surface area contributed by atoms with Gasteiger partial charge >= 0.3 is 0 Å². The quantitative estimate of drug-likeness (QED) is 0.502. The minimum Gasteiger partial charge on any atom is -0.467 e. The van der Waals surface area contributed by atoms with Gasteiger partial charge in [0.1, 0.15) is 28.5 Å². The van der Waals surface area contributed by atoms with Crippen molar-refractivity contribution >= 4 is 23.3 Å². The lowest BCUT2D eigenvalue weighted by molar-refractivity contribution is -0.117. The predicted octanol–water partition coefficient (Wildman–Crippen LogP) is 4.46. The van der Waals surface area contributed by atoms with Crippen molar-refractivity contribution in [2.24, 2.45) is 0 Å². The Kier molecular flexibility index (Phi) is 5.72. The first-order valence-corrected chi connectivity index (χ1v) is 9.80. The molecule has 6 nitrogen and oxygen atoms in total. The summed E-state index contributed by atoms with van der Waals surface area (Å²) in [5.41, 5.74) is 4.20. The second kappa shape index (κ2) is 8.22. The van der Waals surface area contributed by atoms with E-state index in [9.17, 15) is 15.3 Å². The molecule has 0 spiro atoms. The molecule has 0 aliphatic heterocycles. The van der Waals surface area contributed by atoms with Crippen molar-refractivity contribution in [3.8, 4) is 17.1 Å². The van der Waals surface area contributed by atoms with Crippen LogP contribution in [0.3, 0.4) is 0 Å². The monoisotopic (exact) mass is 404 g/mol. The number of aryl methyl sites for hydroxylation is 2. The van der Waals surface area contributed by atoms with Crippen LogP contribution in [-0.2, 0) is 11.3 Å². The molecule has 3 aromatic heterocycles. The Bertz CT molecular complexity index is 1180. The molecule has 1 N–H and O–H groups in total. The second-order valence-electron chi connectivity index (χ2n) is 6.67. The van der Waals surface area contributed by atoms with Crippen LogP contribution < -0.4 is 5.32 Å². The zero-order chi connectivity index (χ0) is 21.1. The normalized spacial score (nSPS) is 11.2. The summed E-state index contributed by atoms with van der Waals surface area (Å²) in [5.74, 6) is 0.149. The number of hydrogen-bond acceptors (Lipinski definition) is 5. The van der Waals surface area contributed by atoms with E-state index < -0.39 is 5.91 Å². The highest BCUT2D eigenvalue weighted by molar-refractivity contribution is 7.14. The average molecular weight is 404 g/mol. The van der Waals surface area contributed by atoms with E-state index in [1.807, 2.05) is 44.4 Å². The molecular formula is C22H20N4O2S. The third-order valence-corrected chi connectivity index (χ3v) is 6.01. The largest absolute Gasteiger partial charge is 0.467 e. The van der Waals surface area contributed by atoms with Crippen LogP contribution in [0.1, 0.15) is 38.7 Å². The van der Waals surface area contributed by atoms with Crippen LogP contribution in [0.25, 0.3) is 11.1 Å². The standard InChI is InChI=1S/C22H20N4O2S/c1-13-8-17(9-18(10-23)21(27)25-12-19-6-5-7-28-19)15(3)26(13)22-20(11-24)14(2)16(4)29-22/h5-9H,12H2,1-4H3,(H,25,27). The molecule has 0 radical (unpaired) electrons. The van der Waals surface area contributed by atoms with Crippen LogP contribution in [0.15, 0.2) is 34.5 Å². The Morgan fingerprint density at radius 1 is 1.31 bits per heavy atom. The number of rotatable bonds is 5. The van der Waals surface area contributed by atoms with Crippen LogP contribution >= 0.6 is 11.3 Å². The van der Waals surface area contributed by atoms with E-state index in [0.29, 0.717) is 11.3 Å². The number of carbonyl (C=O) groups is 1. The van der Waals surface area contributed by atoms with Gasteiger partial charge in [-0.05, 0) is 63.1 Å². The summed E-state index contributed by atoms with van der Waals surface area (Å²) in [4.78, 5) is 13.5. The van der Waals surface area contributed by atoms with E-state index in [1.165, 1.54) is 6.26 Å². The van der Waals surface area contributed by atoms with Gasteiger partial charge in [0.15, 0.2) is 0 Å². The summed E-state index contributed by atoms with van der Waals surface area (Å²) in [6.45, 7) is 8.01. The highest BCUT2D eigenvalue weighted by Crippen LogP contribution is 2.33. The van der Waals surface area contributed by atoms with E-state index >= 15 is 0 Å². The molecule has 29 heavy (non-hydrogen) atoms. The zero-order valence-corrected chi connectivity index (χ0v) is 17.5. The van der Waals surface area contributed by atoms with Crippen molar-refractivity contribution in [1.29, 1.82) is 10.5 Å². The smallest absolute Gasteiger partial charge is 0.262 e. The number of nitrogens with one attached hydrogen (secondary N) is 1. The zero-order valence-electron chi connectivity index (χ0n) is 16.7. The molecule has 0 bridgehead atoms. The summed E-state index contributed by atoms with van der Waals surface area (Å²) < 4.78 is 7.20. The lowest BCUT2D eigenvalue weighted by atomic mass is 10.1. The molecule has 0 saturated heterocycles. The molecule has 0 aliphatic rings. The lowest BCUT2D eigenvalue weighted by Gasteiger charge is -2.08. The van der Waals surface area contributed by atoms with Crippen molar-refractivity contribution < 1.29 is 9.21 Å². The minimum absolute atomic E-state index is 0.0100. The number of thiophene rings is 1. The molecule has 3 rings (SSSR count). The molecular weight excluding hydrogens is 384 g/mol. The maximum atomic E-state index is 12.4. The summed E-state index contributed by atoms with van der Waals surface area (Å²) in [5, 5.41) is 22.6. The van der Waals surface area contributed by atoms with E-state index in [4.69, 9.17) is 4.42 Å². The number of amides is 1. The molecule has 0 fully saturated rings. The van der Waals surface area contributed by atoms with Crippen LogP contribution in [0.2, 0.25) is 0 Å². The topological polar surface area (TPSA) is 94.8 Å². The first-order chi connectivity index (χ1) is 13.9. The van der Waals surface area contributed by atoms with Crippen molar-refractivity contribution in [3.63, 3.8) is 0 Å². The minimum atomic E-state index is -0.464. The predicted molar refractivity (Wildman–Crippen MR) is 111 cm³/mol. The van der Waals surface area contributed by atoms with E-state index in [-0.39, 0.29) is 12.1 Å². The molecule has 3 aromatic rings. The van der Waals surface area contributed by atoms with Crippen LogP contribution in [-0.4, -0.2) is 10.5 Å². The van der Waals surface area contributed by atoms with Gasteiger partial charge in [0.2, 0.25) is 0 Å². The highest BCUT2D eigenvalue weighted by Gasteiger charge is 2.19. The van der Waals surface area contributed by atoms with Gasteiger partial charge in [-0.3, -0.25) is 4.79 Å². The molecule has 3 heterocycles. The Morgan fingerprint density at radius 2 is 2.07 bits per heavy atom. The second-order valence-corrected chi connectivity index (χ2v) is 7.87. The molecule has 0 atom stereocenters. The molecule has 146 valence electrons. The van der Waals surface area contributed by atoms with E-state index in [1.54, 1.807) is 29.5 Å². The highest BCUT2D eigenvalue weighted by atomic mass is 32.1. The first kappa shape index (κ1) is 20.2. The Balaban J connectivity index is 1.95. The fourth-order valence-electron chi connectivity index (χ4n) is 3.12. The van der Waals surface area contributed by atoms with Crippen LogP contribution in [0.4, 0.5) is 0 Å². The average Bonchev–Trinajstić information content (AvgIpc) is 3.38. The summed E-state index contributed by atoms with van der Waals surface area (Å²) in [6, 6.07) is 9.67. The van der Waals surface area contributed by atoms with Gasteiger partial charge < -0.3 is 14.3 Å². The Morgan fingerprint density at radius 3 is 2.69 bits per heavy atom. The molecule has 1 amide bonds. The third-order valence-electron chi connectivity index (χ3n) is 4.82. The number of nitrogens with zero attached hydrogens (tertiary/aromatic N) is 3. The molecule has 0 unspecified atom stereocenters. The fraction of sp³-hybridized carbons (Fsp3) is 0.227. The number of nitriles is 2.